The number of carbonyl (C=O) groups is 1. The molecule has 0 fully saturated rings. The molecule has 0 bridgehead atoms. The average molecular weight is 299 g/mol. The van der Waals surface area contributed by atoms with Crippen molar-refractivity contribution in [3.63, 3.8) is 0 Å². The van der Waals surface area contributed by atoms with E-state index in [2.05, 4.69) is 27.5 Å². The van der Waals surface area contributed by atoms with E-state index in [4.69, 9.17) is 4.74 Å². The van der Waals surface area contributed by atoms with Crippen LogP contribution in [0.15, 0.2) is 0 Å². The summed E-state index contributed by atoms with van der Waals surface area (Å²) in [5.74, 6) is -0.0827. The molecule has 0 aromatic heterocycles. The summed E-state index contributed by atoms with van der Waals surface area (Å²) < 4.78 is 5.39. The number of nitrogens with zero attached hydrogens (tertiary/aromatic N) is 1. The van der Waals surface area contributed by atoms with E-state index in [0.29, 0.717) is 17.0 Å². The fourth-order valence-corrected chi connectivity index (χ4v) is 1.21. The third kappa shape index (κ3) is 10.1. The maximum absolute atomic E-state index is 11.1. The van der Waals surface area contributed by atoms with Crippen LogP contribution in [0.3, 0.4) is 0 Å². The lowest BCUT2D eigenvalue weighted by atomic mass is 10.3. The van der Waals surface area contributed by atoms with Gasteiger partial charge in [-0.25, -0.2) is 0 Å². The Balaban J connectivity index is 3.27. The molecular formula is C9H18INO2. The predicted octanol–water partition coefficient (Wildman–Crippen LogP) is 1.69. The van der Waals surface area contributed by atoms with Crippen LogP contribution in [0.1, 0.15) is 19.8 Å². The first-order chi connectivity index (χ1) is 6.02. The molecule has 0 aliphatic heterocycles. The number of esters is 1. The molecule has 1 atom stereocenters. The third-order valence-electron chi connectivity index (χ3n) is 1.46. The van der Waals surface area contributed by atoms with Crippen molar-refractivity contribution in [2.24, 2.45) is 0 Å². The van der Waals surface area contributed by atoms with Crippen LogP contribution < -0.4 is 0 Å². The van der Waals surface area contributed by atoms with E-state index in [1.54, 1.807) is 0 Å². The summed E-state index contributed by atoms with van der Waals surface area (Å²) in [6.45, 7) is 3.51. The highest BCUT2D eigenvalue weighted by Crippen LogP contribution is 2.05. The molecule has 0 aliphatic carbocycles. The molecule has 0 N–H and O–H groups in total. The van der Waals surface area contributed by atoms with Gasteiger partial charge in [0.05, 0.1) is 13.0 Å². The summed E-state index contributed by atoms with van der Waals surface area (Å²) in [6, 6.07) is 0. The number of halogens is 1. The van der Waals surface area contributed by atoms with Gasteiger partial charge in [-0.2, -0.15) is 0 Å². The Morgan fingerprint density at radius 1 is 1.54 bits per heavy atom. The van der Waals surface area contributed by atoms with Crippen LogP contribution in [0.25, 0.3) is 0 Å². The molecule has 0 rings (SSSR count). The quantitative estimate of drug-likeness (QED) is 0.323. The maximum atomic E-state index is 11.1. The molecule has 3 nitrogen and oxygen atoms in total. The smallest absolute Gasteiger partial charge is 0.306 e. The highest BCUT2D eigenvalue weighted by atomic mass is 127. The minimum absolute atomic E-state index is 0.0827. The van der Waals surface area contributed by atoms with Gasteiger partial charge in [-0.05, 0) is 20.5 Å². The van der Waals surface area contributed by atoms with E-state index in [9.17, 15) is 4.79 Å². The molecule has 0 amide bonds. The lowest BCUT2D eigenvalue weighted by Gasteiger charge is -2.09. The van der Waals surface area contributed by atoms with Crippen molar-refractivity contribution in [2.45, 2.75) is 23.7 Å². The van der Waals surface area contributed by atoms with E-state index in [-0.39, 0.29) is 5.97 Å². The van der Waals surface area contributed by atoms with E-state index in [1.807, 2.05) is 21.0 Å². The average Bonchev–Trinajstić information content (AvgIpc) is 1.96. The van der Waals surface area contributed by atoms with Crippen LogP contribution in [-0.4, -0.2) is 42.0 Å². The number of ether oxygens (including phenoxy) is 1. The van der Waals surface area contributed by atoms with Gasteiger partial charge in [0.1, 0.15) is 0 Å². The zero-order chi connectivity index (χ0) is 10.3. The highest BCUT2D eigenvalue weighted by molar-refractivity contribution is 14.1. The molecule has 0 heterocycles. The molecule has 1 unspecified atom stereocenters. The minimum atomic E-state index is -0.0827. The first kappa shape index (κ1) is 13.2. The van der Waals surface area contributed by atoms with Crippen molar-refractivity contribution in [3.05, 3.63) is 0 Å². The Labute approximate surface area is 94.0 Å². The van der Waals surface area contributed by atoms with Crippen molar-refractivity contribution in [1.82, 2.24) is 4.90 Å². The maximum Gasteiger partial charge on any atom is 0.306 e. The van der Waals surface area contributed by atoms with E-state index >= 15 is 0 Å². The molecule has 4 heteroatoms. The number of hydrogen-bond acceptors (Lipinski definition) is 3. The minimum Gasteiger partial charge on any atom is -0.466 e. The number of rotatable bonds is 6. The number of hydrogen-bond donors (Lipinski definition) is 0. The van der Waals surface area contributed by atoms with Crippen LogP contribution >= 0.6 is 22.6 Å². The molecule has 78 valence electrons. The van der Waals surface area contributed by atoms with E-state index in [0.717, 1.165) is 13.0 Å². The van der Waals surface area contributed by atoms with Gasteiger partial charge in [-0.3, -0.25) is 4.79 Å². The second-order valence-electron chi connectivity index (χ2n) is 3.36. The third-order valence-corrected chi connectivity index (χ3v) is 1.90. The van der Waals surface area contributed by atoms with Gasteiger partial charge in [0.25, 0.3) is 0 Å². The van der Waals surface area contributed by atoms with Crippen LogP contribution in [-0.2, 0) is 9.53 Å². The van der Waals surface area contributed by atoms with Gasteiger partial charge in [0.15, 0.2) is 0 Å². The van der Waals surface area contributed by atoms with Crippen molar-refractivity contribution >= 4 is 28.6 Å². The van der Waals surface area contributed by atoms with Crippen LogP contribution in [0, 0.1) is 0 Å². The molecule has 0 aliphatic rings. The molecule has 13 heavy (non-hydrogen) atoms. The largest absolute Gasteiger partial charge is 0.466 e. The SMILES string of the molecule is CC(I)CC(=O)OCCCN(C)C. The zero-order valence-electron chi connectivity index (χ0n) is 8.55. The van der Waals surface area contributed by atoms with Gasteiger partial charge < -0.3 is 9.64 Å². The van der Waals surface area contributed by atoms with Crippen molar-refractivity contribution in [3.8, 4) is 0 Å². The standard InChI is InChI=1S/C9H18INO2/c1-8(10)7-9(12)13-6-4-5-11(2)3/h8H,4-7H2,1-3H3. The van der Waals surface area contributed by atoms with Crippen LogP contribution in [0.2, 0.25) is 0 Å². The van der Waals surface area contributed by atoms with Crippen molar-refractivity contribution < 1.29 is 9.53 Å². The Hall–Kier alpha value is 0.160. The molecule has 0 radical (unpaired) electrons. The molecule has 0 aromatic rings. The Bertz CT molecular complexity index is 149. The first-order valence-corrected chi connectivity index (χ1v) is 5.71. The summed E-state index contributed by atoms with van der Waals surface area (Å²) in [6.07, 6.45) is 1.43. The van der Waals surface area contributed by atoms with Gasteiger partial charge >= 0.3 is 5.97 Å². The second kappa shape index (κ2) is 7.55. The van der Waals surface area contributed by atoms with Crippen molar-refractivity contribution in [1.29, 1.82) is 0 Å². The summed E-state index contributed by atoms with van der Waals surface area (Å²) in [5.41, 5.74) is 0. The summed E-state index contributed by atoms with van der Waals surface area (Å²) in [4.78, 5) is 13.1. The lowest BCUT2D eigenvalue weighted by Crippen LogP contribution is -2.16. The van der Waals surface area contributed by atoms with Gasteiger partial charge in [0, 0.05) is 10.5 Å². The molecular weight excluding hydrogens is 281 g/mol. The molecule has 0 saturated heterocycles. The Morgan fingerprint density at radius 3 is 2.62 bits per heavy atom. The normalized spacial score (nSPS) is 13.0. The van der Waals surface area contributed by atoms with Crippen molar-refractivity contribution in [2.75, 3.05) is 27.2 Å². The van der Waals surface area contributed by atoms with E-state index in [1.165, 1.54) is 0 Å². The molecule has 0 aromatic carbocycles. The summed E-state index contributed by atoms with van der Waals surface area (Å²) in [5, 5.41) is 0. The van der Waals surface area contributed by atoms with E-state index < -0.39 is 0 Å². The first-order valence-electron chi connectivity index (χ1n) is 4.46. The fraction of sp³-hybridized carbons (Fsp3) is 0.889. The summed E-state index contributed by atoms with van der Waals surface area (Å²) >= 11 is 2.22. The molecule has 0 saturated carbocycles. The Kier molecular flexibility index (Phi) is 7.65. The zero-order valence-corrected chi connectivity index (χ0v) is 10.7. The monoisotopic (exact) mass is 299 g/mol. The second-order valence-corrected chi connectivity index (χ2v) is 5.49. The highest BCUT2D eigenvalue weighted by Gasteiger charge is 2.06. The Morgan fingerprint density at radius 2 is 2.15 bits per heavy atom. The van der Waals surface area contributed by atoms with Gasteiger partial charge in [-0.15, -0.1) is 0 Å². The molecule has 0 spiro atoms. The summed E-state index contributed by atoms with van der Waals surface area (Å²) in [7, 11) is 4.02. The van der Waals surface area contributed by atoms with Gasteiger partial charge in [0.2, 0.25) is 0 Å². The number of carbonyl (C=O) groups excluding carboxylic acids is 1. The van der Waals surface area contributed by atoms with Crippen LogP contribution in [0.4, 0.5) is 0 Å². The number of alkyl halides is 1. The fourth-order valence-electron chi connectivity index (χ4n) is 0.855. The predicted molar refractivity (Wildman–Crippen MR) is 62.2 cm³/mol. The topological polar surface area (TPSA) is 29.5 Å². The van der Waals surface area contributed by atoms with Gasteiger partial charge in [-0.1, -0.05) is 29.5 Å². The van der Waals surface area contributed by atoms with Crippen LogP contribution in [0.5, 0.6) is 0 Å². The lowest BCUT2D eigenvalue weighted by molar-refractivity contribution is -0.143.